The Bertz CT molecular complexity index is 463. The van der Waals surface area contributed by atoms with Gasteiger partial charge < -0.3 is 4.90 Å². The molecular formula is C13H14BrNO2. The molecule has 0 saturated carbocycles. The summed E-state index contributed by atoms with van der Waals surface area (Å²) in [6.45, 7) is 3.29. The standard InChI is InChI=1S/C13H14BrNO2/c1-9(8-16)10(2)13(17)15(3)12-6-4-11(14)5-7-12/h4-8H,1-3H3/b10-9-. The number of benzene rings is 1. The molecular weight excluding hydrogens is 282 g/mol. The number of hydrogen-bond acceptors (Lipinski definition) is 2. The summed E-state index contributed by atoms with van der Waals surface area (Å²) >= 11 is 3.34. The zero-order valence-electron chi connectivity index (χ0n) is 10.0. The Morgan fingerprint density at radius 2 is 1.76 bits per heavy atom. The molecule has 4 heteroatoms. The van der Waals surface area contributed by atoms with Crippen molar-refractivity contribution in [3.63, 3.8) is 0 Å². The number of likely N-dealkylation sites (N-methyl/N-ethyl adjacent to an activating group) is 1. The van der Waals surface area contributed by atoms with Gasteiger partial charge in [0, 0.05) is 22.8 Å². The molecule has 90 valence electrons. The monoisotopic (exact) mass is 295 g/mol. The first-order valence-electron chi connectivity index (χ1n) is 5.13. The van der Waals surface area contributed by atoms with Gasteiger partial charge in [-0.15, -0.1) is 0 Å². The molecule has 0 aliphatic carbocycles. The predicted octanol–water partition coefficient (Wildman–Crippen LogP) is 2.95. The molecule has 0 aromatic heterocycles. The summed E-state index contributed by atoms with van der Waals surface area (Å²) in [4.78, 5) is 24.2. The van der Waals surface area contributed by atoms with E-state index in [1.54, 1.807) is 20.9 Å². The molecule has 0 atom stereocenters. The fourth-order valence-corrected chi connectivity index (χ4v) is 1.55. The third kappa shape index (κ3) is 3.27. The first kappa shape index (κ1) is 13.6. The molecule has 0 spiro atoms. The van der Waals surface area contributed by atoms with Crippen molar-refractivity contribution >= 4 is 33.8 Å². The zero-order chi connectivity index (χ0) is 13.0. The summed E-state index contributed by atoms with van der Waals surface area (Å²) in [5.74, 6) is -0.170. The third-order valence-corrected chi connectivity index (χ3v) is 3.14. The Hall–Kier alpha value is -1.42. The fraction of sp³-hybridized carbons (Fsp3) is 0.231. The lowest BCUT2D eigenvalue weighted by Crippen LogP contribution is -2.27. The molecule has 17 heavy (non-hydrogen) atoms. The van der Waals surface area contributed by atoms with Crippen LogP contribution in [0.3, 0.4) is 0 Å². The van der Waals surface area contributed by atoms with Gasteiger partial charge in [0.2, 0.25) is 0 Å². The van der Waals surface area contributed by atoms with Crippen molar-refractivity contribution in [1.29, 1.82) is 0 Å². The Balaban J connectivity index is 2.98. The van der Waals surface area contributed by atoms with Crippen molar-refractivity contribution in [1.82, 2.24) is 0 Å². The second-order valence-electron chi connectivity index (χ2n) is 3.77. The minimum absolute atomic E-state index is 0.170. The molecule has 0 saturated heterocycles. The number of amides is 1. The van der Waals surface area contributed by atoms with Crippen LogP contribution in [0.15, 0.2) is 39.9 Å². The van der Waals surface area contributed by atoms with Gasteiger partial charge in [0.05, 0.1) is 0 Å². The molecule has 0 aliphatic heterocycles. The first-order valence-corrected chi connectivity index (χ1v) is 5.93. The number of hydrogen-bond donors (Lipinski definition) is 0. The predicted molar refractivity (Wildman–Crippen MR) is 72.0 cm³/mol. The van der Waals surface area contributed by atoms with Gasteiger partial charge in [-0.1, -0.05) is 15.9 Å². The van der Waals surface area contributed by atoms with Gasteiger partial charge in [0.15, 0.2) is 0 Å². The number of nitrogens with zero attached hydrogens (tertiary/aromatic N) is 1. The van der Waals surface area contributed by atoms with E-state index in [2.05, 4.69) is 15.9 Å². The van der Waals surface area contributed by atoms with Crippen LogP contribution in [0.4, 0.5) is 5.69 Å². The molecule has 0 heterocycles. The minimum atomic E-state index is -0.170. The van der Waals surface area contributed by atoms with Crippen molar-refractivity contribution in [3.05, 3.63) is 39.9 Å². The summed E-state index contributed by atoms with van der Waals surface area (Å²) in [6.07, 6.45) is 0.697. The number of rotatable bonds is 3. The van der Waals surface area contributed by atoms with Crippen molar-refractivity contribution in [2.45, 2.75) is 13.8 Å². The molecule has 0 fully saturated rings. The molecule has 0 bridgehead atoms. The molecule has 0 N–H and O–H groups in total. The number of aldehydes is 1. The quantitative estimate of drug-likeness (QED) is 0.635. The Morgan fingerprint density at radius 1 is 1.24 bits per heavy atom. The Morgan fingerprint density at radius 3 is 2.24 bits per heavy atom. The highest BCUT2D eigenvalue weighted by Gasteiger charge is 2.14. The number of carbonyl (C=O) groups excluding carboxylic acids is 2. The highest BCUT2D eigenvalue weighted by Crippen LogP contribution is 2.19. The van der Waals surface area contributed by atoms with Gasteiger partial charge in [-0.25, -0.2) is 0 Å². The van der Waals surface area contributed by atoms with Gasteiger partial charge in [-0.3, -0.25) is 9.59 Å². The Kier molecular flexibility index (Phi) is 4.63. The second kappa shape index (κ2) is 5.77. The minimum Gasteiger partial charge on any atom is -0.312 e. The summed E-state index contributed by atoms with van der Waals surface area (Å²) < 4.78 is 0.957. The zero-order valence-corrected chi connectivity index (χ0v) is 11.6. The van der Waals surface area contributed by atoms with Crippen LogP contribution >= 0.6 is 15.9 Å². The van der Waals surface area contributed by atoms with E-state index in [0.717, 1.165) is 10.2 Å². The average molecular weight is 296 g/mol. The topological polar surface area (TPSA) is 37.4 Å². The average Bonchev–Trinajstić information content (AvgIpc) is 2.36. The summed E-state index contributed by atoms with van der Waals surface area (Å²) in [5, 5.41) is 0. The maximum atomic E-state index is 12.0. The van der Waals surface area contributed by atoms with E-state index in [1.165, 1.54) is 4.90 Å². The maximum absolute atomic E-state index is 12.0. The van der Waals surface area contributed by atoms with Crippen LogP contribution in [0.25, 0.3) is 0 Å². The van der Waals surface area contributed by atoms with Crippen molar-refractivity contribution in [2.24, 2.45) is 0 Å². The smallest absolute Gasteiger partial charge is 0.254 e. The van der Waals surface area contributed by atoms with E-state index in [-0.39, 0.29) is 5.91 Å². The van der Waals surface area contributed by atoms with Crippen LogP contribution < -0.4 is 4.90 Å². The van der Waals surface area contributed by atoms with Gasteiger partial charge in [0.1, 0.15) is 6.29 Å². The van der Waals surface area contributed by atoms with Gasteiger partial charge >= 0.3 is 0 Å². The highest BCUT2D eigenvalue weighted by atomic mass is 79.9. The van der Waals surface area contributed by atoms with Crippen molar-refractivity contribution in [3.8, 4) is 0 Å². The van der Waals surface area contributed by atoms with E-state index in [1.807, 2.05) is 24.3 Å². The van der Waals surface area contributed by atoms with Crippen LogP contribution in [0.5, 0.6) is 0 Å². The van der Waals surface area contributed by atoms with Crippen molar-refractivity contribution in [2.75, 3.05) is 11.9 Å². The molecule has 0 unspecified atom stereocenters. The number of halogens is 1. The molecule has 1 aromatic carbocycles. The van der Waals surface area contributed by atoms with Crippen LogP contribution in [0.2, 0.25) is 0 Å². The van der Waals surface area contributed by atoms with Crippen LogP contribution in [0, 0.1) is 0 Å². The molecule has 1 aromatic rings. The maximum Gasteiger partial charge on any atom is 0.254 e. The molecule has 1 rings (SSSR count). The second-order valence-corrected chi connectivity index (χ2v) is 4.68. The number of anilines is 1. The van der Waals surface area contributed by atoms with Crippen molar-refractivity contribution < 1.29 is 9.59 Å². The first-order chi connectivity index (χ1) is 7.97. The van der Waals surface area contributed by atoms with Gasteiger partial charge in [-0.05, 0) is 43.7 Å². The SMILES string of the molecule is C/C(C=O)=C(\C)C(=O)N(C)c1ccc(Br)cc1. The molecule has 0 aliphatic rings. The van der Waals surface area contributed by atoms with Crippen LogP contribution in [-0.4, -0.2) is 19.2 Å². The highest BCUT2D eigenvalue weighted by molar-refractivity contribution is 9.10. The summed E-state index contributed by atoms with van der Waals surface area (Å²) in [6, 6.07) is 7.41. The largest absolute Gasteiger partial charge is 0.312 e. The van der Waals surface area contributed by atoms with Gasteiger partial charge in [0.25, 0.3) is 5.91 Å². The Labute approximate surface area is 109 Å². The lowest BCUT2D eigenvalue weighted by Gasteiger charge is -2.18. The van der Waals surface area contributed by atoms with E-state index < -0.39 is 0 Å². The number of carbonyl (C=O) groups is 2. The summed E-state index contributed by atoms with van der Waals surface area (Å²) in [5.41, 5.74) is 1.71. The summed E-state index contributed by atoms with van der Waals surface area (Å²) in [7, 11) is 1.69. The fourth-order valence-electron chi connectivity index (χ4n) is 1.29. The molecule has 3 nitrogen and oxygen atoms in total. The third-order valence-electron chi connectivity index (χ3n) is 2.61. The normalized spacial score (nSPS) is 11.8. The van der Waals surface area contributed by atoms with E-state index in [0.29, 0.717) is 17.4 Å². The van der Waals surface area contributed by atoms with E-state index in [4.69, 9.17) is 0 Å². The van der Waals surface area contributed by atoms with Crippen LogP contribution in [0.1, 0.15) is 13.8 Å². The van der Waals surface area contributed by atoms with Gasteiger partial charge in [-0.2, -0.15) is 0 Å². The van der Waals surface area contributed by atoms with E-state index in [9.17, 15) is 9.59 Å². The van der Waals surface area contributed by atoms with Crippen LogP contribution in [-0.2, 0) is 9.59 Å². The molecule has 0 radical (unpaired) electrons. The lowest BCUT2D eigenvalue weighted by molar-refractivity contribution is -0.115. The number of allylic oxidation sites excluding steroid dienone is 1. The van der Waals surface area contributed by atoms with E-state index >= 15 is 0 Å². The lowest BCUT2D eigenvalue weighted by atomic mass is 10.1. The molecule has 1 amide bonds.